The van der Waals surface area contributed by atoms with Crippen molar-refractivity contribution in [3.05, 3.63) is 33.9 Å². The summed E-state index contributed by atoms with van der Waals surface area (Å²) < 4.78 is 11.6. The van der Waals surface area contributed by atoms with Crippen molar-refractivity contribution in [1.29, 1.82) is 0 Å². The number of hydrogen-bond acceptors (Lipinski definition) is 4. The van der Waals surface area contributed by atoms with E-state index in [4.69, 9.17) is 14.6 Å². The minimum atomic E-state index is -1.05. The molecule has 0 amide bonds. The van der Waals surface area contributed by atoms with Crippen molar-refractivity contribution in [3.8, 4) is 17.0 Å². The van der Waals surface area contributed by atoms with E-state index >= 15 is 0 Å². The highest BCUT2D eigenvalue weighted by Crippen LogP contribution is 2.37. The molecule has 0 radical (unpaired) electrons. The Morgan fingerprint density at radius 3 is 3.00 bits per heavy atom. The Morgan fingerprint density at radius 2 is 2.26 bits per heavy atom. The largest absolute Gasteiger partial charge is 0.477 e. The molecule has 1 aromatic heterocycles. The van der Waals surface area contributed by atoms with E-state index < -0.39 is 5.97 Å². The highest BCUT2D eigenvalue weighted by molar-refractivity contribution is 9.10. The predicted octanol–water partition coefficient (Wildman–Crippen LogP) is 2.40. The fourth-order valence-electron chi connectivity index (χ4n) is 1.94. The van der Waals surface area contributed by atoms with E-state index in [0.717, 1.165) is 15.6 Å². The first-order valence-corrected chi connectivity index (χ1v) is 6.26. The lowest BCUT2D eigenvalue weighted by Crippen LogP contribution is -2.12. The molecule has 2 heterocycles. The fraction of sp³-hybridized carbons (Fsp3) is 0.167. The predicted molar refractivity (Wildman–Crippen MR) is 69.0 cm³/mol. The van der Waals surface area contributed by atoms with Gasteiger partial charge in [-0.05, 0) is 18.2 Å². The number of fused-ring (bicyclic) bond motifs is 1. The molecular weight excluding hydrogens is 316 g/mol. The van der Waals surface area contributed by atoms with Gasteiger partial charge in [-0.25, -0.2) is 4.79 Å². The molecule has 0 saturated carbocycles. The van der Waals surface area contributed by atoms with Crippen LogP contribution in [0.25, 0.3) is 11.3 Å². The number of ether oxygens (including phenoxy) is 2. The van der Waals surface area contributed by atoms with Crippen LogP contribution in [-0.4, -0.2) is 28.1 Å². The van der Waals surface area contributed by atoms with E-state index in [9.17, 15) is 4.79 Å². The molecular formula is C12H9BrN2O4. The van der Waals surface area contributed by atoms with Crippen LogP contribution in [0, 0.1) is 0 Å². The summed E-state index contributed by atoms with van der Waals surface area (Å²) in [5.74, 6) is -0.371. The Bertz CT molecular complexity index is 653. The van der Waals surface area contributed by atoms with Crippen LogP contribution in [0.15, 0.2) is 22.7 Å². The lowest BCUT2D eigenvalue weighted by molar-refractivity contribution is -0.0159. The topological polar surface area (TPSA) is 84.4 Å². The maximum absolute atomic E-state index is 10.9. The molecule has 0 saturated heterocycles. The van der Waals surface area contributed by atoms with Gasteiger partial charge in [-0.15, -0.1) is 0 Å². The molecule has 1 aliphatic heterocycles. The summed E-state index contributed by atoms with van der Waals surface area (Å²) in [6, 6.07) is 5.22. The summed E-state index contributed by atoms with van der Waals surface area (Å²) in [6.45, 7) is 0.635. The SMILES string of the molecule is O=C(O)c1cc(-c2cc(Br)cc3c2OCOC3)n[nH]1. The van der Waals surface area contributed by atoms with Crippen LogP contribution in [0.3, 0.4) is 0 Å². The standard InChI is InChI=1S/C12H9BrN2O4/c13-7-1-6-4-18-5-19-11(6)8(2-7)9-3-10(12(16)17)15-14-9/h1-3H,4-5H2,(H,14,15)(H,16,17). The highest BCUT2D eigenvalue weighted by Gasteiger charge is 2.20. The van der Waals surface area contributed by atoms with Crippen molar-refractivity contribution in [2.24, 2.45) is 0 Å². The molecule has 2 N–H and O–H groups in total. The van der Waals surface area contributed by atoms with Gasteiger partial charge in [0, 0.05) is 15.6 Å². The van der Waals surface area contributed by atoms with Gasteiger partial charge in [0.1, 0.15) is 11.4 Å². The highest BCUT2D eigenvalue weighted by atomic mass is 79.9. The monoisotopic (exact) mass is 324 g/mol. The summed E-state index contributed by atoms with van der Waals surface area (Å²) in [5.41, 5.74) is 2.19. The maximum Gasteiger partial charge on any atom is 0.353 e. The van der Waals surface area contributed by atoms with Crippen molar-refractivity contribution >= 4 is 21.9 Å². The van der Waals surface area contributed by atoms with E-state index in [2.05, 4.69) is 26.1 Å². The van der Waals surface area contributed by atoms with E-state index in [1.165, 1.54) is 6.07 Å². The lowest BCUT2D eigenvalue weighted by atomic mass is 10.1. The zero-order valence-electron chi connectivity index (χ0n) is 9.64. The van der Waals surface area contributed by atoms with Crippen molar-refractivity contribution < 1.29 is 19.4 Å². The van der Waals surface area contributed by atoms with E-state index in [1.54, 1.807) is 0 Å². The van der Waals surface area contributed by atoms with Gasteiger partial charge < -0.3 is 14.6 Å². The Balaban J connectivity index is 2.12. The van der Waals surface area contributed by atoms with E-state index in [-0.39, 0.29) is 12.5 Å². The second-order valence-electron chi connectivity index (χ2n) is 4.02. The maximum atomic E-state index is 10.9. The van der Waals surface area contributed by atoms with Crippen LogP contribution in [0.4, 0.5) is 0 Å². The number of carboxylic acid groups (broad SMARTS) is 1. The van der Waals surface area contributed by atoms with Crippen LogP contribution in [0.2, 0.25) is 0 Å². The van der Waals surface area contributed by atoms with E-state index in [1.807, 2.05) is 12.1 Å². The van der Waals surface area contributed by atoms with Crippen LogP contribution < -0.4 is 4.74 Å². The number of halogens is 1. The Hall–Kier alpha value is -1.86. The summed E-state index contributed by atoms with van der Waals surface area (Å²) in [5, 5.41) is 15.4. The number of aromatic amines is 1. The first-order chi connectivity index (χ1) is 9.15. The second-order valence-corrected chi connectivity index (χ2v) is 4.94. The molecule has 1 aromatic carbocycles. The van der Waals surface area contributed by atoms with Gasteiger partial charge in [0.05, 0.1) is 12.3 Å². The number of carboxylic acids is 1. The number of hydrogen-bond donors (Lipinski definition) is 2. The molecule has 2 aromatic rings. The number of benzene rings is 1. The minimum absolute atomic E-state index is 0.0378. The quantitative estimate of drug-likeness (QED) is 0.886. The number of nitrogens with zero attached hydrogens (tertiary/aromatic N) is 1. The number of nitrogens with one attached hydrogen (secondary N) is 1. The van der Waals surface area contributed by atoms with Crippen molar-refractivity contribution in [3.63, 3.8) is 0 Å². The normalized spacial score (nSPS) is 13.7. The minimum Gasteiger partial charge on any atom is -0.477 e. The first kappa shape index (κ1) is 12.2. The molecule has 3 rings (SSSR count). The van der Waals surface area contributed by atoms with Crippen LogP contribution >= 0.6 is 15.9 Å². The molecule has 98 valence electrons. The van der Waals surface area contributed by atoms with Crippen molar-refractivity contribution in [2.45, 2.75) is 6.61 Å². The van der Waals surface area contributed by atoms with Gasteiger partial charge >= 0.3 is 5.97 Å². The molecule has 0 unspecified atom stereocenters. The molecule has 1 aliphatic rings. The van der Waals surface area contributed by atoms with Gasteiger partial charge in [-0.1, -0.05) is 15.9 Å². The Labute approximate surface area is 116 Å². The fourth-order valence-corrected chi connectivity index (χ4v) is 2.44. The van der Waals surface area contributed by atoms with Gasteiger partial charge in [-0.2, -0.15) is 5.10 Å². The molecule has 0 atom stereocenters. The Morgan fingerprint density at radius 1 is 1.42 bits per heavy atom. The summed E-state index contributed by atoms with van der Waals surface area (Å²) in [6.07, 6.45) is 0. The molecule has 0 aliphatic carbocycles. The van der Waals surface area contributed by atoms with Crippen molar-refractivity contribution in [2.75, 3.05) is 6.79 Å². The third-order valence-electron chi connectivity index (χ3n) is 2.76. The average molecular weight is 325 g/mol. The van der Waals surface area contributed by atoms with Crippen LogP contribution in [0.1, 0.15) is 16.1 Å². The number of aromatic carboxylic acids is 1. The number of H-pyrrole nitrogens is 1. The van der Waals surface area contributed by atoms with Gasteiger partial charge in [0.2, 0.25) is 0 Å². The summed E-state index contributed by atoms with van der Waals surface area (Å²) >= 11 is 3.41. The molecule has 7 heteroatoms. The third-order valence-corrected chi connectivity index (χ3v) is 3.22. The van der Waals surface area contributed by atoms with Gasteiger partial charge in [0.25, 0.3) is 0 Å². The molecule has 0 bridgehead atoms. The first-order valence-electron chi connectivity index (χ1n) is 5.47. The van der Waals surface area contributed by atoms with Gasteiger partial charge in [-0.3, -0.25) is 5.10 Å². The number of rotatable bonds is 2. The molecule has 0 spiro atoms. The second kappa shape index (κ2) is 4.67. The smallest absolute Gasteiger partial charge is 0.353 e. The summed E-state index contributed by atoms with van der Waals surface area (Å²) in [7, 11) is 0. The summed E-state index contributed by atoms with van der Waals surface area (Å²) in [4.78, 5) is 10.9. The van der Waals surface area contributed by atoms with Crippen LogP contribution in [-0.2, 0) is 11.3 Å². The molecule has 19 heavy (non-hydrogen) atoms. The zero-order valence-corrected chi connectivity index (χ0v) is 11.2. The zero-order chi connectivity index (χ0) is 13.4. The van der Waals surface area contributed by atoms with Crippen LogP contribution in [0.5, 0.6) is 5.75 Å². The van der Waals surface area contributed by atoms with E-state index in [0.29, 0.717) is 18.1 Å². The third kappa shape index (κ3) is 2.22. The molecule has 0 fully saturated rings. The number of aromatic nitrogens is 2. The average Bonchev–Trinajstić information content (AvgIpc) is 2.87. The lowest BCUT2D eigenvalue weighted by Gasteiger charge is -2.20. The van der Waals surface area contributed by atoms with Gasteiger partial charge in [0.15, 0.2) is 6.79 Å². The van der Waals surface area contributed by atoms with Crippen molar-refractivity contribution in [1.82, 2.24) is 10.2 Å². The Kier molecular flexibility index (Phi) is 3.00. The molecule has 6 nitrogen and oxygen atoms in total. The number of carbonyl (C=O) groups is 1.